The van der Waals surface area contributed by atoms with Gasteiger partial charge in [0.25, 0.3) is 0 Å². The van der Waals surface area contributed by atoms with E-state index in [1.165, 1.54) is 12.1 Å². The molecule has 0 saturated heterocycles. The van der Waals surface area contributed by atoms with Crippen molar-refractivity contribution in [3.63, 3.8) is 0 Å². The van der Waals surface area contributed by atoms with E-state index >= 15 is 0 Å². The number of carboxylic acids is 1. The van der Waals surface area contributed by atoms with E-state index in [1.807, 2.05) is 0 Å². The van der Waals surface area contributed by atoms with Crippen LogP contribution in [0.3, 0.4) is 0 Å². The third kappa shape index (κ3) is 8.94. The Morgan fingerprint density at radius 1 is 1.30 bits per heavy atom. The van der Waals surface area contributed by atoms with Gasteiger partial charge in [0.15, 0.2) is 0 Å². The average molecular weight is 427 g/mol. The van der Waals surface area contributed by atoms with E-state index in [9.17, 15) is 24.8 Å². The largest absolute Gasteiger partial charge is 1.00 e. The molecular weight excluding hydrogens is 410 g/mol. The molecule has 0 spiro atoms. The average Bonchev–Trinajstić information content (AvgIpc) is 2.59. The molecule has 0 aliphatic rings. The van der Waals surface area contributed by atoms with Gasteiger partial charge in [0.1, 0.15) is 10.8 Å². The summed E-state index contributed by atoms with van der Waals surface area (Å²) in [4.78, 5) is 32.0. The molecular formula is C16H17Cl2N2NaO6. The van der Waals surface area contributed by atoms with Gasteiger partial charge in [0.2, 0.25) is 11.6 Å². The second-order valence-electron chi connectivity index (χ2n) is 5.13. The van der Waals surface area contributed by atoms with Gasteiger partial charge in [0, 0.05) is 24.5 Å². The molecule has 11 heteroatoms. The summed E-state index contributed by atoms with van der Waals surface area (Å²) >= 11 is 12.3. The molecule has 1 N–H and O–H groups in total. The van der Waals surface area contributed by atoms with E-state index < -0.39 is 23.3 Å². The van der Waals surface area contributed by atoms with Crippen LogP contribution >= 0.6 is 23.2 Å². The molecule has 1 aromatic carbocycles. The van der Waals surface area contributed by atoms with Crippen LogP contribution < -0.4 is 44.7 Å². The topological polar surface area (TPSA) is 122 Å². The van der Waals surface area contributed by atoms with Crippen molar-refractivity contribution < 1.29 is 53.9 Å². The van der Waals surface area contributed by atoms with Crippen molar-refractivity contribution in [2.24, 2.45) is 0 Å². The number of ether oxygens (including phenoxy) is 1. The van der Waals surface area contributed by atoms with Crippen LogP contribution in [0.25, 0.3) is 6.08 Å². The SMILES string of the molecule is CC/C(=C\c1ccc(OCCCC(=O)NCC(=O)[O-])c(Cl)c1Cl)[N+](=O)[O-].[Na+]. The molecule has 0 saturated carbocycles. The maximum Gasteiger partial charge on any atom is 1.00 e. The van der Waals surface area contributed by atoms with Gasteiger partial charge >= 0.3 is 29.6 Å². The van der Waals surface area contributed by atoms with Crippen molar-refractivity contribution in [2.45, 2.75) is 26.2 Å². The Morgan fingerprint density at radius 3 is 2.52 bits per heavy atom. The van der Waals surface area contributed by atoms with Crippen LogP contribution in [0.4, 0.5) is 0 Å². The van der Waals surface area contributed by atoms with Gasteiger partial charge < -0.3 is 20.0 Å². The van der Waals surface area contributed by atoms with Gasteiger partial charge in [-0.05, 0) is 18.6 Å². The van der Waals surface area contributed by atoms with E-state index in [0.29, 0.717) is 12.0 Å². The summed E-state index contributed by atoms with van der Waals surface area (Å²) in [5.74, 6) is -1.52. The maximum absolute atomic E-state index is 11.3. The quantitative estimate of drug-likeness (QED) is 0.223. The number of carbonyl (C=O) groups is 2. The van der Waals surface area contributed by atoms with Crippen molar-refractivity contribution in [1.82, 2.24) is 5.32 Å². The Morgan fingerprint density at radius 2 is 1.96 bits per heavy atom. The van der Waals surface area contributed by atoms with Crippen molar-refractivity contribution in [3.05, 3.63) is 43.6 Å². The summed E-state index contributed by atoms with van der Waals surface area (Å²) in [5, 5.41) is 23.5. The molecule has 0 aliphatic carbocycles. The summed E-state index contributed by atoms with van der Waals surface area (Å²) in [6.07, 6.45) is 1.98. The van der Waals surface area contributed by atoms with Crippen LogP contribution in [0.5, 0.6) is 5.75 Å². The third-order valence-corrected chi connectivity index (χ3v) is 4.11. The van der Waals surface area contributed by atoms with E-state index in [0.717, 1.165) is 0 Å². The minimum atomic E-state index is -1.37. The number of benzene rings is 1. The van der Waals surface area contributed by atoms with Crippen LogP contribution in [0.2, 0.25) is 10.0 Å². The number of hydrogen-bond acceptors (Lipinski definition) is 6. The molecule has 8 nitrogen and oxygen atoms in total. The predicted molar refractivity (Wildman–Crippen MR) is 94.5 cm³/mol. The van der Waals surface area contributed by atoms with Crippen molar-refractivity contribution >= 4 is 41.2 Å². The van der Waals surface area contributed by atoms with Crippen LogP contribution in [0.1, 0.15) is 31.7 Å². The molecule has 0 heterocycles. The van der Waals surface area contributed by atoms with Gasteiger partial charge in [-0.1, -0.05) is 30.1 Å². The summed E-state index contributed by atoms with van der Waals surface area (Å²) in [5.41, 5.74) is 0.401. The second kappa shape index (κ2) is 13.0. The number of nitrogens with zero attached hydrogens (tertiary/aromatic N) is 1. The summed E-state index contributed by atoms with van der Waals surface area (Å²) in [6, 6.07) is 3.08. The number of carbonyl (C=O) groups excluding carboxylic acids is 2. The van der Waals surface area contributed by atoms with E-state index in [-0.39, 0.29) is 70.5 Å². The molecule has 1 amide bonds. The molecule has 0 radical (unpaired) electrons. The Balaban J connectivity index is 0.00000676. The van der Waals surface area contributed by atoms with Gasteiger partial charge in [-0.3, -0.25) is 14.9 Å². The van der Waals surface area contributed by atoms with Crippen LogP contribution in [0.15, 0.2) is 17.8 Å². The second-order valence-corrected chi connectivity index (χ2v) is 5.88. The van der Waals surface area contributed by atoms with E-state index in [4.69, 9.17) is 27.9 Å². The maximum atomic E-state index is 11.3. The fourth-order valence-electron chi connectivity index (χ4n) is 1.91. The van der Waals surface area contributed by atoms with Gasteiger partial charge in [-0.15, -0.1) is 0 Å². The zero-order chi connectivity index (χ0) is 19.7. The Labute approximate surface area is 188 Å². The number of allylic oxidation sites excluding steroid dienone is 1. The number of aliphatic carboxylic acids is 1. The normalized spacial score (nSPS) is 10.7. The molecule has 27 heavy (non-hydrogen) atoms. The number of hydrogen-bond donors (Lipinski definition) is 1. The molecule has 0 aliphatic heterocycles. The third-order valence-electron chi connectivity index (χ3n) is 3.23. The first kappa shape index (κ1) is 25.7. The summed E-state index contributed by atoms with van der Waals surface area (Å²) in [6.45, 7) is 1.27. The molecule has 0 unspecified atom stereocenters. The zero-order valence-electron chi connectivity index (χ0n) is 14.9. The van der Waals surface area contributed by atoms with Crippen LogP contribution in [-0.2, 0) is 9.59 Å². The fraction of sp³-hybridized carbons (Fsp3) is 0.375. The molecule has 0 bridgehead atoms. The van der Waals surface area contributed by atoms with Gasteiger partial charge in [-0.25, -0.2) is 0 Å². The molecule has 0 aromatic heterocycles. The van der Waals surface area contributed by atoms with Gasteiger partial charge in [0.05, 0.1) is 29.1 Å². The molecule has 1 rings (SSSR count). The fourth-order valence-corrected chi connectivity index (χ4v) is 2.34. The summed E-state index contributed by atoms with van der Waals surface area (Å²) in [7, 11) is 0. The first-order valence-electron chi connectivity index (χ1n) is 7.68. The first-order valence-corrected chi connectivity index (χ1v) is 8.44. The van der Waals surface area contributed by atoms with E-state index in [2.05, 4.69) is 5.32 Å². The Bertz CT molecular complexity index is 727. The number of nitro groups is 1. The van der Waals surface area contributed by atoms with Crippen LogP contribution in [-0.4, -0.2) is 30.0 Å². The number of halogens is 2. The summed E-state index contributed by atoms with van der Waals surface area (Å²) < 4.78 is 5.45. The molecule has 142 valence electrons. The predicted octanol–water partition coefficient (Wildman–Crippen LogP) is -0.950. The molecule has 1 aromatic rings. The Hall–Kier alpha value is -1.32. The van der Waals surface area contributed by atoms with Crippen LogP contribution in [0, 0.1) is 10.1 Å². The number of rotatable bonds is 10. The zero-order valence-corrected chi connectivity index (χ0v) is 18.4. The molecule has 0 fully saturated rings. The van der Waals surface area contributed by atoms with E-state index in [1.54, 1.807) is 13.0 Å². The number of nitrogens with one attached hydrogen (secondary N) is 1. The standard InChI is InChI=1S/C16H18Cl2N2O6.Na/c1-2-11(20(24)25)8-10-5-6-12(16(18)15(10)17)26-7-3-4-13(21)19-9-14(22)23;/h5-6,8H,2-4,7,9H2,1H3,(H,19,21)(H,22,23);/q;+1/p-1/b11-8+;. The van der Waals surface area contributed by atoms with Gasteiger partial charge in [-0.2, -0.15) is 0 Å². The minimum absolute atomic E-state index is 0. The molecule has 0 atom stereocenters. The number of carboxylic acid groups (broad SMARTS) is 1. The first-order chi connectivity index (χ1) is 12.3. The number of amides is 1. The minimum Gasteiger partial charge on any atom is -0.548 e. The Kier molecular flexibility index (Phi) is 12.3. The monoisotopic (exact) mass is 426 g/mol. The van der Waals surface area contributed by atoms with Crippen molar-refractivity contribution in [1.29, 1.82) is 0 Å². The van der Waals surface area contributed by atoms with Crippen molar-refractivity contribution in [2.75, 3.05) is 13.2 Å². The smallest absolute Gasteiger partial charge is 0.548 e. The van der Waals surface area contributed by atoms with Crippen molar-refractivity contribution in [3.8, 4) is 5.75 Å².